The average molecular weight is 213 g/mol. The predicted molar refractivity (Wildman–Crippen MR) is 65.8 cm³/mol. The van der Waals surface area contributed by atoms with Gasteiger partial charge in [-0.3, -0.25) is 4.79 Å². The van der Waals surface area contributed by atoms with E-state index < -0.39 is 0 Å². The third-order valence-corrected chi connectivity index (χ3v) is 2.93. The smallest absolute Gasteiger partial charge is 0.220 e. The van der Waals surface area contributed by atoms with Gasteiger partial charge in [-0.05, 0) is 18.8 Å². The van der Waals surface area contributed by atoms with Crippen LogP contribution in [-0.2, 0) is 4.79 Å². The summed E-state index contributed by atoms with van der Waals surface area (Å²) in [5.41, 5.74) is 0. The fourth-order valence-corrected chi connectivity index (χ4v) is 1.89. The van der Waals surface area contributed by atoms with Crippen LogP contribution in [0.4, 0.5) is 0 Å². The van der Waals surface area contributed by atoms with Gasteiger partial charge in [0.15, 0.2) is 0 Å². The molecule has 0 aromatic carbocycles. The second-order valence-corrected chi connectivity index (χ2v) is 4.38. The first-order chi connectivity index (χ1) is 7.24. The van der Waals surface area contributed by atoms with Crippen LogP contribution >= 0.6 is 0 Å². The Kier molecular flexibility index (Phi) is 9.65. The van der Waals surface area contributed by atoms with Crippen LogP contribution < -0.4 is 5.32 Å². The van der Waals surface area contributed by atoms with Crippen molar-refractivity contribution in [3.05, 3.63) is 0 Å². The van der Waals surface area contributed by atoms with E-state index in [0.717, 1.165) is 6.42 Å². The molecule has 1 N–H and O–H groups in total. The van der Waals surface area contributed by atoms with Crippen LogP contribution in [0.3, 0.4) is 0 Å². The van der Waals surface area contributed by atoms with E-state index in [-0.39, 0.29) is 5.91 Å². The number of carbonyl (C=O) groups is 1. The molecule has 0 aliphatic carbocycles. The molecule has 0 aliphatic heterocycles. The summed E-state index contributed by atoms with van der Waals surface area (Å²) in [5.74, 6) is 0.809. The van der Waals surface area contributed by atoms with Gasteiger partial charge >= 0.3 is 0 Å². The summed E-state index contributed by atoms with van der Waals surface area (Å²) < 4.78 is 0. The molecule has 1 atom stereocenters. The maximum Gasteiger partial charge on any atom is 0.220 e. The Bertz CT molecular complexity index is 157. The fraction of sp³-hybridized carbons (Fsp3) is 0.923. The van der Waals surface area contributed by atoms with Gasteiger partial charge in [0.25, 0.3) is 0 Å². The van der Waals surface area contributed by atoms with Gasteiger partial charge in [0, 0.05) is 13.5 Å². The van der Waals surface area contributed by atoms with Gasteiger partial charge < -0.3 is 5.32 Å². The molecule has 0 spiro atoms. The van der Waals surface area contributed by atoms with Crippen LogP contribution in [0.25, 0.3) is 0 Å². The highest BCUT2D eigenvalue weighted by atomic mass is 16.1. The van der Waals surface area contributed by atoms with Crippen molar-refractivity contribution in [2.45, 2.75) is 65.2 Å². The molecule has 0 rings (SSSR count). The van der Waals surface area contributed by atoms with Crippen LogP contribution in [0.2, 0.25) is 0 Å². The molecule has 0 aliphatic rings. The third-order valence-electron chi connectivity index (χ3n) is 2.93. The number of hydrogen-bond acceptors (Lipinski definition) is 1. The molecule has 1 unspecified atom stereocenters. The second kappa shape index (κ2) is 10.0. The van der Waals surface area contributed by atoms with Crippen molar-refractivity contribution in [3.63, 3.8) is 0 Å². The average Bonchev–Trinajstić information content (AvgIpc) is 2.25. The van der Waals surface area contributed by atoms with Gasteiger partial charge in [-0.25, -0.2) is 0 Å². The van der Waals surface area contributed by atoms with Crippen molar-refractivity contribution in [3.8, 4) is 0 Å². The van der Waals surface area contributed by atoms with Crippen molar-refractivity contribution < 1.29 is 4.79 Å². The van der Waals surface area contributed by atoms with Crippen LogP contribution in [0.15, 0.2) is 0 Å². The van der Waals surface area contributed by atoms with Crippen molar-refractivity contribution in [1.82, 2.24) is 5.32 Å². The van der Waals surface area contributed by atoms with Gasteiger partial charge in [0.05, 0.1) is 0 Å². The number of unbranched alkanes of at least 4 members (excludes halogenated alkanes) is 3. The Morgan fingerprint density at radius 3 is 2.20 bits per heavy atom. The zero-order valence-electron chi connectivity index (χ0n) is 10.6. The number of rotatable bonds is 9. The lowest BCUT2D eigenvalue weighted by atomic mass is 9.92. The molecular weight excluding hydrogens is 186 g/mol. The van der Waals surface area contributed by atoms with E-state index in [1.807, 2.05) is 0 Å². The van der Waals surface area contributed by atoms with Crippen molar-refractivity contribution in [1.29, 1.82) is 0 Å². The molecule has 0 aromatic rings. The summed E-state index contributed by atoms with van der Waals surface area (Å²) in [4.78, 5) is 11.3. The predicted octanol–water partition coefficient (Wildman–Crippen LogP) is 3.51. The second-order valence-electron chi connectivity index (χ2n) is 4.38. The Hall–Kier alpha value is -0.530. The summed E-state index contributed by atoms with van der Waals surface area (Å²) in [5, 5.41) is 2.72. The first-order valence-electron chi connectivity index (χ1n) is 6.45. The molecule has 0 aromatic heterocycles. The van der Waals surface area contributed by atoms with E-state index in [2.05, 4.69) is 19.2 Å². The highest BCUT2D eigenvalue weighted by Crippen LogP contribution is 2.20. The van der Waals surface area contributed by atoms with Gasteiger partial charge in [0.1, 0.15) is 0 Å². The van der Waals surface area contributed by atoms with Crippen LogP contribution in [0.1, 0.15) is 65.2 Å². The van der Waals surface area contributed by atoms with E-state index in [4.69, 9.17) is 0 Å². The molecular formula is C13H27NO. The minimum Gasteiger partial charge on any atom is -0.359 e. The summed E-state index contributed by atoms with van der Waals surface area (Å²) in [6, 6.07) is 0. The first-order valence-corrected chi connectivity index (χ1v) is 6.45. The van der Waals surface area contributed by atoms with Crippen molar-refractivity contribution in [2.75, 3.05) is 7.05 Å². The first kappa shape index (κ1) is 14.5. The maximum absolute atomic E-state index is 11.3. The lowest BCUT2D eigenvalue weighted by molar-refractivity contribution is -0.121. The van der Waals surface area contributed by atoms with E-state index in [9.17, 15) is 4.79 Å². The number of hydrogen-bond donors (Lipinski definition) is 1. The number of carbonyl (C=O) groups excluding carboxylic acids is 1. The molecule has 0 bridgehead atoms. The molecule has 2 nitrogen and oxygen atoms in total. The highest BCUT2D eigenvalue weighted by Gasteiger charge is 2.11. The Morgan fingerprint density at radius 1 is 1.07 bits per heavy atom. The summed E-state index contributed by atoms with van der Waals surface area (Å²) in [7, 11) is 1.73. The van der Waals surface area contributed by atoms with E-state index >= 15 is 0 Å². The SMILES string of the molecule is CCCCCC(CCCC)CC(=O)NC. The molecule has 15 heavy (non-hydrogen) atoms. The van der Waals surface area contributed by atoms with Gasteiger partial charge in [-0.15, -0.1) is 0 Å². The molecule has 1 amide bonds. The highest BCUT2D eigenvalue weighted by molar-refractivity contribution is 5.75. The molecule has 0 heterocycles. The van der Waals surface area contributed by atoms with E-state index in [0.29, 0.717) is 5.92 Å². The standard InChI is InChI=1S/C13H27NO/c1-4-6-8-10-12(9-7-5-2)11-13(15)14-3/h12H,4-11H2,1-3H3,(H,14,15). The lowest BCUT2D eigenvalue weighted by Gasteiger charge is -2.15. The number of amides is 1. The Labute approximate surface area is 94.8 Å². The molecule has 0 fully saturated rings. The minimum atomic E-state index is 0.201. The van der Waals surface area contributed by atoms with Crippen LogP contribution in [0.5, 0.6) is 0 Å². The molecule has 2 heteroatoms. The van der Waals surface area contributed by atoms with E-state index in [1.54, 1.807) is 7.05 Å². The number of nitrogens with one attached hydrogen (secondary N) is 1. The Balaban J connectivity index is 3.77. The molecule has 0 radical (unpaired) electrons. The maximum atomic E-state index is 11.3. The van der Waals surface area contributed by atoms with Gasteiger partial charge in [-0.1, -0.05) is 46.0 Å². The van der Waals surface area contributed by atoms with Crippen LogP contribution in [-0.4, -0.2) is 13.0 Å². The minimum absolute atomic E-state index is 0.201. The molecule has 90 valence electrons. The van der Waals surface area contributed by atoms with Crippen molar-refractivity contribution >= 4 is 5.91 Å². The summed E-state index contributed by atoms with van der Waals surface area (Å²) >= 11 is 0. The third kappa shape index (κ3) is 8.46. The largest absolute Gasteiger partial charge is 0.359 e. The topological polar surface area (TPSA) is 29.1 Å². The molecule has 0 saturated heterocycles. The van der Waals surface area contributed by atoms with Gasteiger partial charge in [0.2, 0.25) is 5.91 Å². The van der Waals surface area contributed by atoms with Crippen molar-refractivity contribution in [2.24, 2.45) is 5.92 Å². The quantitative estimate of drug-likeness (QED) is 0.583. The normalized spacial score (nSPS) is 12.5. The summed E-state index contributed by atoms with van der Waals surface area (Å²) in [6.07, 6.45) is 9.50. The van der Waals surface area contributed by atoms with Gasteiger partial charge in [-0.2, -0.15) is 0 Å². The molecule has 0 saturated carbocycles. The Morgan fingerprint density at radius 2 is 1.67 bits per heavy atom. The lowest BCUT2D eigenvalue weighted by Crippen LogP contribution is -2.21. The zero-order valence-corrected chi connectivity index (χ0v) is 10.6. The summed E-state index contributed by atoms with van der Waals surface area (Å²) in [6.45, 7) is 4.43. The van der Waals surface area contributed by atoms with E-state index in [1.165, 1.54) is 44.9 Å². The van der Waals surface area contributed by atoms with Crippen LogP contribution in [0, 0.1) is 5.92 Å². The monoisotopic (exact) mass is 213 g/mol. The fourth-order valence-electron chi connectivity index (χ4n) is 1.89. The zero-order chi connectivity index (χ0) is 11.5.